The van der Waals surface area contributed by atoms with Crippen molar-refractivity contribution >= 4 is 27.5 Å². The van der Waals surface area contributed by atoms with Crippen molar-refractivity contribution in [2.75, 3.05) is 0 Å². The lowest BCUT2D eigenvalue weighted by Crippen LogP contribution is -2.20. The largest absolute Gasteiger partial charge is 0.338 e. The van der Waals surface area contributed by atoms with Gasteiger partial charge in [-0.2, -0.15) is 4.98 Å². The molecule has 124 valence electrons. The smallest absolute Gasteiger partial charge is 0.240 e. The van der Waals surface area contributed by atoms with Crippen molar-refractivity contribution in [1.29, 1.82) is 0 Å². The second-order valence-corrected chi connectivity index (χ2v) is 6.76. The highest BCUT2D eigenvalue weighted by Crippen LogP contribution is 2.21. The molecular weight excluding hydrogens is 390 g/mol. The summed E-state index contributed by atoms with van der Waals surface area (Å²) in [6.07, 6.45) is 0.972. The molecule has 0 saturated heterocycles. The van der Waals surface area contributed by atoms with Gasteiger partial charge in [-0.05, 0) is 48.4 Å². The first-order valence-corrected chi connectivity index (χ1v) is 8.90. The summed E-state index contributed by atoms with van der Waals surface area (Å²) in [7, 11) is 0. The molecule has 0 aliphatic heterocycles. The van der Waals surface area contributed by atoms with Gasteiger partial charge in [-0.1, -0.05) is 51.7 Å². The number of nitrogens with zero attached hydrogens (tertiary/aromatic N) is 2. The van der Waals surface area contributed by atoms with Crippen LogP contribution in [0.2, 0.25) is 5.02 Å². The Labute approximate surface area is 154 Å². The zero-order valence-corrected chi connectivity index (χ0v) is 15.5. The summed E-state index contributed by atoms with van der Waals surface area (Å²) in [5.41, 5.74) is 2.12. The average molecular weight is 407 g/mol. The highest BCUT2D eigenvalue weighted by Gasteiger charge is 2.12. The molecule has 0 aliphatic carbocycles. The topological polar surface area (TPSA) is 51.0 Å². The summed E-state index contributed by atoms with van der Waals surface area (Å²) in [4.78, 5) is 4.43. The Hall–Kier alpha value is -1.69. The first kappa shape index (κ1) is 17.1. The van der Waals surface area contributed by atoms with Crippen molar-refractivity contribution in [2.45, 2.75) is 25.9 Å². The van der Waals surface area contributed by atoms with Crippen LogP contribution >= 0.6 is 27.5 Å². The molecule has 0 aliphatic rings. The number of benzene rings is 2. The Morgan fingerprint density at radius 2 is 1.83 bits per heavy atom. The number of aromatic nitrogens is 2. The quantitative estimate of drug-likeness (QED) is 0.596. The fraction of sp³-hybridized carbons (Fsp3) is 0.222. The molecule has 0 fully saturated rings. The van der Waals surface area contributed by atoms with E-state index >= 15 is 0 Å². The molecule has 0 bridgehead atoms. The molecule has 0 saturated carbocycles. The van der Waals surface area contributed by atoms with E-state index in [0.717, 1.165) is 16.5 Å². The molecule has 0 unspecified atom stereocenters. The molecule has 2 aromatic carbocycles. The number of rotatable bonds is 6. The molecule has 4 nitrogen and oxygen atoms in total. The fourth-order valence-electron chi connectivity index (χ4n) is 2.45. The van der Waals surface area contributed by atoms with Gasteiger partial charge >= 0.3 is 0 Å². The third-order valence-corrected chi connectivity index (χ3v) is 4.53. The number of hydrogen-bond acceptors (Lipinski definition) is 4. The van der Waals surface area contributed by atoms with Gasteiger partial charge in [0.05, 0.1) is 6.54 Å². The van der Waals surface area contributed by atoms with Crippen LogP contribution in [0.15, 0.2) is 57.5 Å². The van der Waals surface area contributed by atoms with Gasteiger partial charge in [0.15, 0.2) is 0 Å². The third kappa shape index (κ3) is 4.23. The van der Waals surface area contributed by atoms with Gasteiger partial charge in [-0.15, -0.1) is 0 Å². The van der Waals surface area contributed by atoms with Crippen molar-refractivity contribution in [3.63, 3.8) is 0 Å². The molecule has 1 aromatic heterocycles. The zero-order chi connectivity index (χ0) is 16.9. The van der Waals surface area contributed by atoms with Crippen molar-refractivity contribution in [1.82, 2.24) is 15.5 Å². The van der Waals surface area contributed by atoms with Crippen molar-refractivity contribution < 1.29 is 4.52 Å². The van der Waals surface area contributed by atoms with Gasteiger partial charge in [0.25, 0.3) is 0 Å². The van der Waals surface area contributed by atoms with E-state index < -0.39 is 0 Å². The second-order valence-electron chi connectivity index (χ2n) is 5.41. The Bertz CT molecular complexity index is 787. The Balaban J connectivity index is 1.65. The number of nitrogens with one attached hydrogen (secondary N) is 1. The number of hydrogen-bond donors (Lipinski definition) is 1. The van der Waals surface area contributed by atoms with Gasteiger partial charge in [0.1, 0.15) is 0 Å². The first-order chi connectivity index (χ1) is 11.7. The van der Waals surface area contributed by atoms with E-state index in [1.165, 1.54) is 5.56 Å². The molecule has 0 spiro atoms. The van der Waals surface area contributed by atoms with E-state index in [0.29, 0.717) is 23.3 Å². The van der Waals surface area contributed by atoms with Crippen molar-refractivity contribution in [3.05, 3.63) is 69.5 Å². The third-order valence-electron chi connectivity index (χ3n) is 3.75. The van der Waals surface area contributed by atoms with Gasteiger partial charge in [0.2, 0.25) is 11.7 Å². The molecular formula is C18H17BrClN3O. The van der Waals surface area contributed by atoms with Crippen LogP contribution in [0, 0.1) is 0 Å². The molecule has 0 amide bonds. The van der Waals surface area contributed by atoms with E-state index in [4.69, 9.17) is 16.1 Å². The summed E-state index contributed by atoms with van der Waals surface area (Å²) < 4.78 is 6.41. The first-order valence-electron chi connectivity index (χ1n) is 7.73. The van der Waals surface area contributed by atoms with Gasteiger partial charge in [-0.3, -0.25) is 0 Å². The van der Waals surface area contributed by atoms with Crippen LogP contribution < -0.4 is 5.32 Å². The van der Waals surface area contributed by atoms with Crippen LogP contribution in [0.5, 0.6) is 0 Å². The predicted octanol–water partition coefficient (Wildman–Crippen LogP) is 5.39. The average Bonchev–Trinajstić information content (AvgIpc) is 3.06. The maximum absolute atomic E-state index is 5.90. The van der Waals surface area contributed by atoms with E-state index in [2.05, 4.69) is 50.4 Å². The molecule has 1 heterocycles. The predicted molar refractivity (Wildman–Crippen MR) is 98.8 cm³/mol. The Morgan fingerprint density at radius 3 is 2.50 bits per heavy atom. The van der Waals surface area contributed by atoms with E-state index in [-0.39, 0.29) is 6.04 Å². The summed E-state index contributed by atoms with van der Waals surface area (Å²) in [6, 6.07) is 15.9. The van der Waals surface area contributed by atoms with Crippen LogP contribution in [0.25, 0.3) is 11.4 Å². The van der Waals surface area contributed by atoms with E-state index in [1.54, 1.807) is 0 Å². The lowest BCUT2D eigenvalue weighted by atomic mass is 10.0. The number of halogens is 2. The molecule has 0 radical (unpaired) electrons. The minimum Gasteiger partial charge on any atom is -0.338 e. The second kappa shape index (κ2) is 7.92. The Morgan fingerprint density at radius 1 is 1.12 bits per heavy atom. The molecule has 1 atom stereocenters. The van der Waals surface area contributed by atoms with Crippen molar-refractivity contribution in [2.24, 2.45) is 0 Å². The normalized spacial score (nSPS) is 12.3. The van der Waals surface area contributed by atoms with Gasteiger partial charge < -0.3 is 9.84 Å². The summed E-state index contributed by atoms with van der Waals surface area (Å²) >= 11 is 9.36. The van der Waals surface area contributed by atoms with Crippen LogP contribution in [0.4, 0.5) is 0 Å². The van der Waals surface area contributed by atoms with Gasteiger partial charge in [-0.25, -0.2) is 0 Å². The van der Waals surface area contributed by atoms with Crippen molar-refractivity contribution in [3.8, 4) is 11.4 Å². The lowest BCUT2D eigenvalue weighted by Gasteiger charge is -2.16. The Kier molecular flexibility index (Phi) is 5.66. The van der Waals surface area contributed by atoms with Crippen LogP contribution in [0.1, 0.15) is 30.8 Å². The van der Waals surface area contributed by atoms with E-state index in [9.17, 15) is 0 Å². The summed E-state index contributed by atoms with van der Waals surface area (Å²) in [5.74, 6) is 1.13. The SMILES string of the molecule is CC[C@H](NCc1nc(-c2ccc(Cl)cc2)no1)c1ccc(Br)cc1. The summed E-state index contributed by atoms with van der Waals surface area (Å²) in [5, 5.41) is 8.18. The molecule has 24 heavy (non-hydrogen) atoms. The maximum Gasteiger partial charge on any atom is 0.240 e. The standard InChI is InChI=1S/C18H17BrClN3O/c1-2-16(12-3-7-14(19)8-4-12)21-11-17-22-18(23-24-17)13-5-9-15(20)10-6-13/h3-10,16,21H,2,11H2,1H3/t16-/m0/s1. The monoisotopic (exact) mass is 405 g/mol. The summed E-state index contributed by atoms with van der Waals surface area (Å²) in [6.45, 7) is 2.67. The van der Waals surface area contributed by atoms with Crippen LogP contribution in [-0.2, 0) is 6.54 Å². The fourth-order valence-corrected chi connectivity index (χ4v) is 2.84. The molecule has 6 heteroatoms. The van der Waals surface area contributed by atoms with Crippen LogP contribution in [0.3, 0.4) is 0 Å². The van der Waals surface area contributed by atoms with E-state index in [1.807, 2.05) is 36.4 Å². The minimum absolute atomic E-state index is 0.240. The molecule has 3 aromatic rings. The molecule has 1 N–H and O–H groups in total. The lowest BCUT2D eigenvalue weighted by molar-refractivity contribution is 0.356. The molecule has 3 rings (SSSR count). The minimum atomic E-state index is 0.240. The highest BCUT2D eigenvalue weighted by molar-refractivity contribution is 9.10. The highest BCUT2D eigenvalue weighted by atomic mass is 79.9. The zero-order valence-electron chi connectivity index (χ0n) is 13.2. The van der Waals surface area contributed by atoms with Gasteiger partial charge in [0, 0.05) is 21.1 Å². The maximum atomic E-state index is 5.90. The van der Waals surface area contributed by atoms with Crippen LogP contribution in [-0.4, -0.2) is 10.1 Å².